The molecular formula is C23H25ClN2O2. The molecule has 4 nitrogen and oxygen atoms in total. The zero-order valence-corrected chi connectivity index (χ0v) is 16.8. The van der Waals surface area contributed by atoms with E-state index in [4.69, 9.17) is 16.0 Å². The summed E-state index contributed by atoms with van der Waals surface area (Å²) in [6, 6.07) is 14.4. The van der Waals surface area contributed by atoms with E-state index in [0.29, 0.717) is 6.42 Å². The standard InChI is InChI=1S/C23H25ClN2O2/c1-16-2-7-21-18(15-28-22(21)12-16)13-23(27)25-20-8-10-26(11-9-20)14-17-3-5-19(24)6-4-17/h2-7,12,15,20H,8-11,13-14H2,1H3,(H,25,27). The Morgan fingerprint density at radius 3 is 2.68 bits per heavy atom. The number of halogens is 1. The van der Waals surface area contributed by atoms with E-state index in [2.05, 4.69) is 28.4 Å². The van der Waals surface area contributed by atoms with Crippen molar-refractivity contribution in [1.82, 2.24) is 10.2 Å². The van der Waals surface area contributed by atoms with Gasteiger partial charge in [-0.05, 0) is 49.1 Å². The molecule has 0 bridgehead atoms. The first-order valence-corrected chi connectivity index (χ1v) is 10.2. The molecule has 0 aliphatic carbocycles. The molecule has 1 aromatic heterocycles. The van der Waals surface area contributed by atoms with Crippen molar-refractivity contribution in [2.24, 2.45) is 0 Å². The van der Waals surface area contributed by atoms with Crippen LogP contribution in [0, 0.1) is 6.92 Å². The Morgan fingerprint density at radius 1 is 1.18 bits per heavy atom. The lowest BCUT2D eigenvalue weighted by atomic mass is 10.0. The van der Waals surface area contributed by atoms with Crippen LogP contribution in [0.2, 0.25) is 5.02 Å². The summed E-state index contributed by atoms with van der Waals surface area (Å²) < 4.78 is 5.60. The summed E-state index contributed by atoms with van der Waals surface area (Å²) in [5.41, 5.74) is 4.23. The first-order chi connectivity index (χ1) is 13.6. The van der Waals surface area contributed by atoms with Crippen LogP contribution in [-0.2, 0) is 17.8 Å². The second-order valence-corrected chi connectivity index (χ2v) is 8.12. The molecule has 5 heteroatoms. The molecule has 0 radical (unpaired) electrons. The van der Waals surface area contributed by atoms with Gasteiger partial charge in [0.2, 0.25) is 5.91 Å². The summed E-state index contributed by atoms with van der Waals surface area (Å²) in [5.74, 6) is 0.0689. The predicted molar refractivity (Wildman–Crippen MR) is 113 cm³/mol. The van der Waals surface area contributed by atoms with Gasteiger partial charge in [-0.25, -0.2) is 0 Å². The third-order valence-electron chi connectivity index (χ3n) is 5.43. The van der Waals surface area contributed by atoms with E-state index in [-0.39, 0.29) is 11.9 Å². The Labute approximate surface area is 170 Å². The number of aryl methyl sites for hydroxylation is 1. The fraction of sp³-hybridized carbons (Fsp3) is 0.348. The zero-order valence-electron chi connectivity index (χ0n) is 16.1. The third-order valence-corrected chi connectivity index (χ3v) is 5.69. The van der Waals surface area contributed by atoms with E-state index in [1.54, 1.807) is 6.26 Å². The summed E-state index contributed by atoms with van der Waals surface area (Å²) in [5, 5.41) is 5.00. The number of benzene rings is 2. The molecule has 4 rings (SSSR count). The molecule has 3 aromatic rings. The van der Waals surface area contributed by atoms with Crippen LogP contribution in [0.4, 0.5) is 0 Å². The highest BCUT2D eigenvalue weighted by Crippen LogP contribution is 2.23. The Morgan fingerprint density at radius 2 is 1.93 bits per heavy atom. The number of hydrogen-bond donors (Lipinski definition) is 1. The molecule has 1 amide bonds. The maximum absolute atomic E-state index is 12.5. The van der Waals surface area contributed by atoms with Gasteiger partial charge >= 0.3 is 0 Å². The van der Waals surface area contributed by atoms with Gasteiger partial charge in [-0.15, -0.1) is 0 Å². The third kappa shape index (κ3) is 4.57. The highest BCUT2D eigenvalue weighted by molar-refractivity contribution is 6.30. The van der Waals surface area contributed by atoms with Crippen molar-refractivity contribution >= 4 is 28.5 Å². The Hall–Kier alpha value is -2.30. The van der Waals surface area contributed by atoms with E-state index in [0.717, 1.165) is 59.6 Å². The number of fused-ring (bicyclic) bond motifs is 1. The van der Waals surface area contributed by atoms with Crippen LogP contribution in [0.15, 0.2) is 53.1 Å². The van der Waals surface area contributed by atoms with Gasteiger partial charge in [-0.3, -0.25) is 9.69 Å². The monoisotopic (exact) mass is 396 g/mol. The summed E-state index contributed by atoms with van der Waals surface area (Å²) in [6.45, 7) is 4.94. The maximum atomic E-state index is 12.5. The highest BCUT2D eigenvalue weighted by atomic mass is 35.5. The van der Waals surface area contributed by atoms with Gasteiger partial charge in [0.05, 0.1) is 12.7 Å². The molecule has 0 unspecified atom stereocenters. The second-order valence-electron chi connectivity index (χ2n) is 7.68. The van der Waals surface area contributed by atoms with Crippen LogP contribution in [0.3, 0.4) is 0 Å². The minimum atomic E-state index is 0.0689. The Bertz CT molecular complexity index is 956. The smallest absolute Gasteiger partial charge is 0.224 e. The van der Waals surface area contributed by atoms with Gasteiger partial charge < -0.3 is 9.73 Å². The van der Waals surface area contributed by atoms with Crippen molar-refractivity contribution < 1.29 is 9.21 Å². The molecule has 1 aliphatic rings. The SMILES string of the molecule is Cc1ccc2c(CC(=O)NC3CCN(Cc4ccc(Cl)cc4)CC3)coc2c1. The van der Waals surface area contributed by atoms with Crippen molar-refractivity contribution in [2.75, 3.05) is 13.1 Å². The van der Waals surface area contributed by atoms with Crippen molar-refractivity contribution in [3.05, 3.63) is 70.4 Å². The van der Waals surface area contributed by atoms with Gasteiger partial charge in [-0.2, -0.15) is 0 Å². The average molecular weight is 397 g/mol. The normalized spacial score (nSPS) is 15.8. The summed E-state index contributed by atoms with van der Waals surface area (Å²) in [6.07, 6.45) is 4.02. The largest absolute Gasteiger partial charge is 0.464 e. The number of piperidine rings is 1. The lowest BCUT2D eigenvalue weighted by Crippen LogP contribution is -2.44. The van der Waals surface area contributed by atoms with Gasteiger partial charge in [0.25, 0.3) is 0 Å². The number of nitrogens with zero attached hydrogens (tertiary/aromatic N) is 1. The number of likely N-dealkylation sites (tertiary alicyclic amines) is 1. The fourth-order valence-corrected chi connectivity index (χ4v) is 3.99. The average Bonchev–Trinajstić information content (AvgIpc) is 3.07. The molecule has 2 aromatic carbocycles. The van der Waals surface area contributed by atoms with Crippen LogP contribution >= 0.6 is 11.6 Å². The highest BCUT2D eigenvalue weighted by Gasteiger charge is 2.21. The second kappa shape index (κ2) is 8.38. The van der Waals surface area contributed by atoms with Gasteiger partial charge in [-0.1, -0.05) is 35.9 Å². The molecule has 2 heterocycles. The number of amides is 1. The Kier molecular flexibility index (Phi) is 5.69. The van der Waals surface area contributed by atoms with Gasteiger partial charge in [0.1, 0.15) is 5.58 Å². The molecule has 0 atom stereocenters. The maximum Gasteiger partial charge on any atom is 0.224 e. The predicted octanol–water partition coefficient (Wildman–Crippen LogP) is 4.72. The van der Waals surface area contributed by atoms with Gasteiger partial charge in [0.15, 0.2) is 0 Å². The zero-order chi connectivity index (χ0) is 19.5. The molecule has 146 valence electrons. The molecule has 1 aliphatic heterocycles. The van der Waals surface area contributed by atoms with Crippen LogP contribution in [0.25, 0.3) is 11.0 Å². The number of carbonyl (C=O) groups is 1. The molecule has 0 saturated carbocycles. The summed E-state index contributed by atoms with van der Waals surface area (Å²) >= 11 is 5.95. The van der Waals surface area contributed by atoms with E-state index in [9.17, 15) is 4.79 Å². The van der Waals surface area contributed by atoms with E-state index in [1.165, 1.54) is 5.56 Å². The van der Waals surface area contributed by atoms with Crippen molar-refractivity contribution in [3.8, 4) is 0 Å². The van der Waals surface area contributed by atoms with Crippen molar-refractivity contribution in [3.63, 3.8) is 0 Å². The molecule has 1 fully saturated rings. The van der Waals surface area contributed by atoms with Crippen molar-refractivity contribution in [2.45, 2.75) is 38.8 Å². The molecular weight excluding hydrogens is 372 g/mol. The van der Waals surface area contributed by atoms with E-state index in [1.807, 2.05) is 31.2 Å². The van der Waals surface area contributed by atoms with Crippen LogP contribution in [0.5, 0.6) is 0 Å². The molecule has 1 saturated heterocycles. The first-order valence-electron chi connectivity index (χ1n) is 9.80. The molecule has 0 spiro atoms. The van der Waals surface area contributed by atoms with Gasteiger partial charge in [0, 0.05) is 41.6 Å². The lowest BCUT2D eigenvalue weighted by Gasteiger charge is -2.32. The topological polar surface area (TPSA) is 45.5 Å². The number of carbonyl (C=O) groups excluding carboxylic acids is 1. The van der Waals surface area contributed by atoms with E-state index < -0.39 is 0 Å². The number of rotatable bonds is 5. The molecule has 1 N–H and O–H groups in total. The minimum Gasteiger partial charge on any atom is -0.464 e. The Balaban J connectivity index is 1.27. The minimum absolute atomic E-state index is 0.0689. The van der Waals surface area contributed by atoms with E-state index >= 15 is 0 Å². The molecule has 28 heavy (non-hydrogen) atoms. The summed E-state index contributed by atoms with van der Waals surface area (Å²) in [4.78, 5) is 14.9. The number of hydrogen-bond acceptors (Lipinski definition) is 3. The van der Waals surface area contributed by atoms with Crippen LogP contribution in [0.1, 0.15) is 29.5 Å². The first kappa shape index (κ1) is 19.0. The number of nitrogens with one attached hydrogen (secondary N) is 1. The number of furan rings is 1. The van der Waals surface area contributed by atoms with Crippen LogP contribution < -0.4 is 5.32 Å². The van der Waals surface area contributed by atoms with Crippen LogP contribution in [-0.4, -0.2) is 29.9 Å². The fourth-order valence-electron chi connectivity index (χ4n) is 3.86. The quantitative estimate of drug-likeness (QED) is 0.678. The van der Waals surface area contributed by atoms with Crippen molar-refractivity contribution in [1.29, 1.82) is 0 Å². The lowest BCUT2D eigenvalue weighted by molar-refractivity contribution is -0.121. The summed E-state index contributed by atoms with van der Waals surface area (Å²) in [7, 11) is 0.